The van der Waals surface area contributed by atoms with E-state index in [0.717, 1.165) is 11.3 Å². The number of thioether (sulfide) groups is 1. The minimum Gasteiger partial charge on any atom is -0.497 e. The van der Waals surface area contributed by atoms with Crippen molar-refractivity contribution in [2.45, 2.75) is 29.7 Å². The molecule has 0 bridgehead atoms. The molecule has 0 aliphatic rings. The molecule has 0 saturated carbocycles. The number of ether oxygens (including phenoxy) is 1. The fraction of sp³-hybridized carbons (Fsp3) is 0.300. The molecule has 3 aromatic rings. The Morgan fingerprint density at radius 1 is 1.10 bits per heavy atom. The first-order valence-corrected chi connectivity index (χ1v) is 11.9. The monoisotopic (exact) mass is 447 g/mol. The molecule has 1 heterocycles. The molecule has 0 fully saturated rings. The Morgan fingerprint density at radius 3 is 2.53 bits per heavy atom. The number of benzene rings is 2. The summed E-state index contributed by atoms with van der Waals surface area (Å²) in [6, 6.07) is 14.4. The number of hydrogen-bond acceptors (Lipinski definition) is 7. The Labute approximate surface area is 181 Å². The number of nitrogen functional groups attached to an aromatic ring is 1. The maximum atomic E-state index is 12.8. The van der Waals surface area contributed by atoms with Gasteiger partial charge in [-0.15, -0.1) is 10.2 Å². The lowest BCUT2D eigenvalue weighted by molar-refractivity contribution is 0.414. The van der Waals surface area contributed by atoms with E-state index in [-0.39, 0.29) is 4.90 Å². The SMILES string of the molecule is CCN(CC)S(=O)(=O)c1cccc(-c2nnc(SCc3cccc(OC)c3)n2N)c1. The van der Waals surface area contributed by atoms with Crippen LogP contribution in [0, 0.1) is 0 Å². The molecular formula is C20H25N5O3S2. The first-order chi connectivity index (χ1) is 14.4. The third-order valence-electron chi connectivity index (χ3n) is 4.60. The molecule has 2 aromatic carbocycles. The van der Waals surface area contributed by atoms with Crippen molar-refractivity contribution >= 4 is 21.8 Å². The van der Waals surface area contributed by atoms with Crippen molar-refractivity contribution in [2.75, 3.05) is 26.0 Å². The highest BCUT2D eigenvalue weighted by molar-refractivity contribution is 7.98. The van der Waals surface area contributed by atoms with Crippen LogP contribution in [-0.2, 0) is 15.8 Å². The van der Waals surface area contributed by atoms with E-state index in [9.17, 15) is 8.42 Å². The van der Waals surface area contributed by atoms with Crippen molar-refractivity contribution < 1.29 is 13.2 Å². The van der Waals surface area contributed by atoms with E-state index >= 15 is 0 Å². The average Bonchev–Trinajstić information content (AvgIpc) is 3.13. The van der Waals surface area contributed by atoms with Gasteiger partial charge in [-0.1, -0.05) is 49.9 Å². The van der Waals surface area contributed by atoms with Crippen LogP contribution in [0.15, 0.2) is 58.6 Å². The standard InChI is InChI=1S/C20H25N5O3S2/c1-4-24(5-2)30(26,27)18-11-7-9-16(13-18)19-22-23-20(25(19)21)29-14-15-8-6-10-17(12-15)28-3/h6-13H,4-5,14,21H2,1-3H3. The van der Waals surface area contributed by atoms with Crippen molar-refractivity contribution in [3.8, 4) is 17.1 Å². The van der Waals surface area contributed by atoms with Crippen LogP contribution in [0.25, 0.3) is 11.4 Å². The van der Waals surface area contributed by atoms with Gasteiger partial charge < -0.3 is 10.6 Å². The third-order valence-corrected chi connectivity index (χ3v) is 7.66. The van der Waals surface area contributed by atoms with Crippen LogP contribution >= 0.6 is 11.8 Å². The number of methoxy groups -OCH3 is 1. The van der Waals surface area contributed by atoms with Gasteiger partial charge in [0.05, 0.1) is 12.0 Å². The van der Waals surface area contributed by atoms with Gasteiger partial charge in [0.1, 0.15) is 5.75 Å². The van der Waals surface area contributed by atoms with Gasteiger partial charge in [0.15, 0.2) is 5.82 Å². The van der Waals surface area contributed by atoms with Gasteiger partial charge in [-0.05, 0) is 29.8 Å². The average molecular weight is 448 g/mol. The zero-order chi connectivity index (χ0) is 21.7. The third kappa shape index (κ3) is 4.61. The predicted molar refractivity (Wildman–Crippen MR) is 118 cm³/mol. The van der Waals surface area contributed by atoms with Crippen LogP contribution < -0.4 is 10.6 Å². The van der Waals surface area contributed by atoms with E-state index < -0.39 is 10.0 Å². The second-order valence-corrected chi connectivity index (χ2v) is 9.31. The van der Waals surface area contributed by atoms with Gasteiger partial charge in [-0.25, -0.2) is 13.1 Å². The van der Waals surface area contributed by atoms with Crippen molar-refractivity contribution in [3.63, 3.8) is 0 Å². The first kappa shape index (κ1) is 22.1. The summed E-state index contributed by atoms with van der Waals surface area (Å²) in [5.41, 5.74) is 1.66. The maximum Gasteiger partial charge on any atom is 0.243 e. The predicted octanol–water partition coefficient (Wildman–Crippen LogP) is 2.99. The highest BCUT2D eigenvalue weighted by Crippen LogP contribution is 2.27. The highest BCUT2D eigenvalue weighted by atomic mass is 32.2. The summed E-state index contributed by atoms with van der Waals surface area (Å²) >= 11 is 1.44. The molecule has 3 rings (SSSR count). The van der Waals surface area contributed by atoms with Crippen molar-refractivity contribution in [1.29, 1.82) is 0 Å². The Morgan fingerprint density at radius 2 is 1.83 bits per heavy atom. The van der Waals surface area contributed by atoms with Crippen LogP contribution in [0.2, 0.25) is 0 Å². The van der Waals surface area contributed by atoms with Gasteiger partial charge in [0.25, 0.3) is 0 Å². The normalized spacial score (nSPS) is 11.7. The molecule has 0 radical (unpaired) electrons. The summed E-state index contributed by atoms with van der Waals surface area (Å²) in [6.07, 6.45) is 0. The van der Waals surface area contributed by atoms with Gasteiger partial charge in [0, 0.05) is 24.4 Å². The summed E-state index contributed by atoms with van der Waals surface area (Å²) in [5.74, 6) is 8.04. The second kappa shape index (κ2) is 9.50. The zero-order valence-electron chi connectivity index (χ0n) is 17.1. The molecule has 0 saturated heterocycles. The Hall–Kier alpha value is -2.56. The maximum absolute atomic E-state index is 12.8. The lowest BCUT2D eigenvalue weighted by Crippen LogP contribution is -2.30. The zero-order valence-corrected chi connectivity index (χ0v) is 18.8. The number of rotatable bonds is 9. The smallest absolute Gasteiger partial charge is 0.243 e. The van der Waals surface area contributed by atoms with E-state index in [1.165, 1.54) is 20.7 Å². The van der Waals surface area contributed by atoms with Crippen molar-refractivity contribution in [2.24, 2.45) is 0 Å². The summed E-state index contributed by atoms with van der Waals surface area (Å²) in [7, 11) is -1.94. The van der Waals surface area contributed by atoms with E-state index in [2.05, 4.69) is 10.2 Å². The molecule has 0 atom stereocenters. The van der Waals surface area contributed by atoms with Crippen molar-refractivity contribution in [3.05, 3.63) is 54.1 Å². The second-order valence-electron chi connectivity index (χ2n) is 6.43. The van der Waals surface area contributed by atoms with E-state index in [1.807, 2.05) is 38.1 Å². The van der Waals surface area contributed by atoms with Crippen LogP contribution in [-0.4, -0.2) is 47.8 Å². The molecule has 1 aromatic heterocycles. The van der Waals surface area contributed by atoms with Gasteiger partial charge >= 0.3 is 0 Å². The molecule has 0 aliphatic carbocycles. The molecule has 0 aliphatic heterocycles. The molecule has 30 heavy (non-hydrogen) atoms. The first-order valence-electron chi connectivity index (χ1n) is 9.47. The minimum atomic E-state index is -3.57. The number of nitrogens with zero attached hydrogens (tertiary/aromatic N) is 4. The lowest BCUT2D eigenvalue weighted by Gasteiger charge is -2.18. The Kier molecular flexibility index (Phi) is 7.01. The number of aromatic nitrogens is 3. The number of nitrogens with two attached hydrogens (primary N) is 1. The van der Waals surface area contributed by atoms with Crippen LogP contribution in [0.1, 0.15) is 19.4 Å². The molecule has 2 N–H and O–H groups in total. The lowest BCUT2D eigenvalue weighted by atomic mass is 10.2. The number of hydrogen-bond donors (Lipinski definition) is 1. The Bertz CT molecular complexity index is 1110. The fourth-order valence-electron chi connectivity index (χ4n) is 2.99. The van der Waals surface area contributed by atoms with E-state index in [4.69, 9.17) is 10.6 Å². The van der Waals surface area contributed by atoms with Crippen molar-refractivity contribution in [1.82, 2.24) is 19.2 Å². The fourth-order valence-corrected chi connectivity index (χ4v) is 5.29. The molecular weight excluding hydrogens is 422 g/mol. The van der Waals surface area contributed by atoms with Gasteiger partial charge in [-0.2, -0.15) is 4.31 Å². The quantitative estimate of drug-likeness (QED) is 0.397. The van der Waals surface area contributed by atoms with E-state index in [0.29, 0.717) is 35.4 Å². The van der Waals surface area contributed by atoms with E-state index in [1.54, 1.807) is 31.4 Å². The van der Waals surface area contributed by atoms with Crippen LogP contribution in [0.3, 0.4) is 0 Å². The molecule has 10 heteroatoms. The summed E-state index contributed by atoms with van der Waals surface area (Å²) in [4.78, 5) is 0.206. The van der Waals surface area contributed by atoms with Crippen LogP contribution in [0.4, 0.5) is 0 Å². The summed E-state index contributed by atoms with van der Waals surface area (Å²) < 4.78 is 33.7. The molecule has 0 spiro atoms. The molecule has 0 amide bonds. The minimum absolute atomic E-state index is 0.206. The summed E-state index contributed by atoms with van der Waals surface area (Å²) in [6.45, 7) is 4.43. The van der Waals surface area contributed by atoms with Gasteiger partial charge in [-0.3, -0.25) is 0 Å². The molecule has 160 valence electrons. The Balaban J connectivity index is 1.83. The molecule has 0 unspecified atom stereocenters. The highest BCUT2D eigenvalue weighted by Gasteiger charge is 2.23. The van der Waals surface area contributed by atoms with Gasteiger partial charge in [0.2, 0.25) is 15.2 Å². The molecule has 8 nitrogen and oxygen atoms in total. The van der Waals surface area contributed by atoms with Crippen LogP contribution in [0.5, 0.6) is 5.75 Å². The topological polar surface area (TPSA) is 103 Å². The largest absolute Gasteiger partial charge is 0.497 e. The summed E-state index contributed by atoms with van der Waals surface area (Å²) in [5, 5.41) is 8.88. The number of sulfonamides is 1.